The lowest BCUT2D eigenvalue weighted by Crippen LogP contribution is -2.05. The molecule has 2 heterocycles. The molecule has 0 aliphatic rings. The third-order valence-electron chi connectivity index (χ3n) is 3.23. The first-order valence-electron chi connectivity index (χ1n) is 6.49. The summed E-state index contributed by atoms with van der Waals surface area (Å²) in [6.45, 7) is 0.482. The SMILES string of the molecule is COC(=O)c1sc(NCc2nc3ccccc3n2C)nc1Cl. The van der Waals surface area contributed by atoms with E-state index < -0.39 is 5.97 Å². The number of esters is 1. The number of methoxy groups -OCH3 is 1. The lowest BCUT2D eigenvalue weighted by atomic mass is 10.3. The second-order valence-electron chi connectivity index (χ2n) is 4.56. The van der Waals surface area contributed by atoms with E-state index in [1.54, 1.807) is 0 Å². The third kappa shape index (κ3) is 2.65. The molecule has 0 aliphatic carbocycles. The van der Waals surface area contributed by atoms with Crippen LogP contribution in [0.5, 0.6) is 0 Å². The molecule has 0 spiro atoms. The van der Waals surface area contributed by atoms with Gasteiger partial charge in [-0.1, -0.05) is 35.1 Å². The highest BCUT2D eigenvalue weighted by atomic mass is 35.5. The molecule has 0 saturated heterocycles. The fraction of sp³-hybridized carbons (Fsp3) is 0.214. The van der Waals surface area contributed by atoms with Crippen LogP contribution in [-0.4, -0.2) is 27.6 Å². The van der Waals surface area contributed by atoms with Crippen molar-refractivity contribution < 1.29 is 9.53 Å². The highest BCUT2D eigenvalue weighted by Gasteiger charge is 2.17. The first kappa shape index (κ1) is 14.8. The normalized spacial score (nSPS) is 10.9. The topological polar surface area (TPSA) is 69.0 Å². The number of imidazole rings is 1. The van der Waals surface area contributed by atoms with Gasteiger partial charge in [0.1, 0.15) is 5.82 Å². The van der Waals surface area contributed by atoms with E-state index in [1.807, 2.05) is 35.9 Å². The number of thiazole rings is 1. The number of aromatic nitrogens is 3. The van der Waals surface area contributed by atoms with Gasteiger partial charge < -0.3 is 14.6 Å². The van der Waals surface area contributed by atoms with Crippen LogP contribution in [0.1, 0.15) is 15.5 Å². The van der Waals surface area contributed by atoms with Crippen LogP contribution >= 0.6 is 22.9 Å². The molecule has 3 aromatic rings. The zero-order valence-corrected chi connectivity index (χ0v) is 13.5. The third-order valence-corrected chi connectivity index (χ3v) is 4.61. The molecule has 6 nitrogen and oxygen atoms in total. The molecule has 0 unspecified atom stereocenters. The Morgan fingerprint density at radius 3 is 2.91 bits per heavy atom. The molecule has 2 aromatic heterocycles. The quantitative estimate of drug-likeness (QED) is 0.741. The van der Waals surface area contributed by atoms with Crippen molar-refractivity contribution in [2.45, 2.75) is 6.54 Å². The van der Waals surface area contributed by atoms with Crippen LogP contribution in [0.4, 0.5) is 5.13 Å². The number of rotatable bonds is 4. The summed E-state index contributed by atoms with van der Waals surface area (Å²) in [6, 6.07) is 7.91. The summed E-state index contributed by atoms with van der Waals surface area (Å²) in [7, 11) is 3.27. The second kappa shape index (κ2) is 5.94. The molecule has 0 fully saturated rings. The van der Waals surface area contributed by atoms with Crippen molar-refractivity contribution in [2.24, 2.45) is 7.05 Å². The van der Waals surface area contributed by atoms with Crippen LogP contribution in [0.3, 0.4) is 0 Å². The standard InChI is InChI=1S/C14H13ClN4O2S/c1-19-9-6-4-3-5-8(9)17-10(19)7-16-14-18-12(15)11(22-14)13(20)21-2/h3-6H,7H2,1-2H3,(H,16,18). The van der Waals surface area contributed by atoms with Crippen molar-refractivity contribution in [3.63, 3.8) is 0 Å². The Morgan fingerprint density at radius 1 is 1.41 bits per heavy atom. The van der Waals surface area contributed by atoms with Gasteiger partial charge in [0, 0.05) is 7.05 Å². The smallest absolute Gasteiger partial charge is 0.351 e. The first-order chi connectivity index (χ1) is 10.6. The maximum absolute atomic E-state index is 11.5. The number of carbonyl (C=O) groups is 1. The predicted octanol–water partition coefficient (Wildman–Crippen LogP) is 3.08. The molecule has 0 bridgehead atoms. The number of anilines is 1. The van der Waals surface area contributed by atoms with Crippen LogP contribution in [0.15, 0.2) is 24.3 Å². The van der Waals surface area contributed by atoms with E-state index >= 15 is 0 Å². The van der Waals surface area contributed by atoms with Crippen molar-refractivity contribution in [3.05, 3.63) is 40.1 Å². The van der Waals surface area contributed by atoms with Crippen molar-refractivity contribution in [3.8, 4) is 0 Å². The number of aryl methyl sites for hydroxylation is 1. The fourth-order valence-electron chi connectivity index (χ4n) is 2.10. The lowest BCUT2D eigenvalue weighted by molar-refractivity contribution is 0.0606. The van der Waals surface area contributed by atoms with Crippen LogP contribution in [0.25, 0.3) is 11.0 Å². The van der Waals surface area contributed by atoms with E-state index in [-0.39, 0.29) is 10.0 Å². The second-order valence-corrected chi connectivity index (χ2v) is 5.92. The Bertz CT molecular complexity index is 843. The molecule has 3 rings (SSSR count). The molecule has 0 amide bonds. The van der Waals surface area contributed by atoms with Crippen LogP contribution in [0.2, 0.25) is 5.15 Å². The van der Waals surface area contributed by atoms with Gasteiger partial charge in [-0.05, 0) is 12.1 Å². The summed E-state index contributed by atoms with van der Waals surface area (Å²) in [4.78, 5) is 20.5. The van der Waals surface area contributed by atoms with Gasteiger partial charge in [-0.3, -0.25) is 0 Å². The average molecular weight is 337 g/mol. The van der Waals surface area contributed by atoms with Gasteiger partial charge >= 0.3 is 5.97 Å². The molecule has 1 N–H and O–H groups in total. The van der Waals surface area contributed by atoms with Crippen LogP contribution < -0.4 is 5.32 Å². The number of nitrogens with zero attached hydrogens (tertiary/aromatic N) is 3. The number of halogens is 1. The minimum atomic E-state index is -0.488. The summed E-state index contributed by atoms with van der Waals surface area (Å²) >= 11 is 7.09. The van der Waals surface area contributed by atoms with Crippen molar-refractivity contribution >= 4 is 45.1 Å². The fourth-order valence-corrected chi connectivity index (χ4v) is 3.20. The number of hydrogen-bond donors (Lipinski definition) is 1. The first-order valence-corrected chi connectivity index (χ1v) is 7.68. The number of fused-ring (bicyclic) bond motifs is 1. The minimum Gasteiger partial charge on any atom is -0.465 e. The summed E-state index contributed by atoms with van der Waals surface area (Å²) in [5.74, 6) is 0.380. The Kier molecular flexibility index (Phi) is 4.00. The maximum Gasteiger partial charge on any atom is 0.351 e. The van der Waals surface area contributed by atoms with Gasteiger partial charge in [0.05, 0.1) is 24.7 Å². The van der Waals surface area contributed by atoms with E-state index in [9.17, 15) is 4.79 Å². The van der Waals surface area contributed by atoms with Gasteiger partial charge in [-0.15, -0.1) is 0 Å². The Balaban J connectivity index is 1.79. The van der Waals surface area contributed by atoms with Gasteiger partial charge in [0.2, 0.25) is 0 Å². The van der Waals surface area contributed by atoms with Gasteiger partial charge in [0.15, 0.2) is 15.2 Å². The highest BCUT2D eigenvalue weighted by molar-refractivity contribution is 7.18. The zero-order chi connectivity index (χ0) is 15.7. The molecular formula is C14H13ClN4O2S. The number of para-hydroxylation sites is 2. The summed E-state index contributed by atoms with van der Waals surface area (Å²) < 4.78 is 6.67. The van der Waals surface area contributed by atoms with Gasteiger partial charge in [0.25, 0.3) is 0 Å². The van der Waals surface area contributed by atoms with E-state index in [4.69, 9.17) is 11.6 Å². The Hall–Kier alpha value is -2.12. The summed E-state index contributed by atoms with van der Waals surface area (Å²) in [5, 5.41) is 3.83. The van der Waals surface area contributed by atoms with Crippen molar-refractivity contribution in [1.82, 2.24) is 14.5 Å². The van der Waals surface area contributed by atoms with Gasteiger partial charge in [-0.25, -0.2) is 14.8 Å². The van der Waals surface area contributed by atoms with Crippen LogP contribution in [0, 0.1) is 0 Å². The van der Waals surface area contributed by atoms with E-state index in [0.29, 0.717) is 11.7 Å². The Labute approximate surface area is 135 Å². The molecule has 1 aromatic carbocycles. The molecule has 22 heavy (non-hydrogen) atoms. The van der Waals surface area contributed by atoms with Crippen molar-refractivity contribution in [2.75, 3.05) is 12.4 Å². The van der Waals surface area contributed by atoms with Gasteiger partial charge in [-0.2, -0.15) is 0 Å². The highest BCUT2D eigenvalue weighted by Crippen LogP contribution is 2.28. The number of benzene rings is 1. The molecule has 8 heteroatoms. The number of nitrogens with one attached hydrogen (secondary N) is 1. The molecule has 114 valence electrons. The largest absolute Gasteiger partial charge is 0.465 e. The maximum atomic E-state index is 11.5. The monoisotopic (exact) mass is 336 g/mol. The summed E-state index contributed by atoms with van der Waals surface area (Å²) in [6.07, 6.45) is 0. The summed E-state index contributed by atoms with van der Waals surface area (Å²) in [5.41, 5.74) is 2.00. The Morgan fingerprint density at radius 2 is 2.18 bits per heavy atom. The minimum absolute atomic E-state index is 0.143. The average Bonchev–Trinajstić information content (AvgIpc) is 3.05. The molecular weight excluding hydrogens is 324 g/mol. The predicted molar refractivity (Wildman–Crippen MR) is 86.5 cm³/mol. The molecule has 0 radical (unpaired) electrons. The molecule has 0 saturated carbocycles. The lowest BCUT2D eigenvalue weighted by Gasteiger charge is -2.03. The molecule has 0 atom stereocenters. The number of carbonyl (C=O) groups excluding carboxylic acids is 1. The van der Waals surface area contributed by atoms with E-state index in [1.165, 1.54) is 7.11 Å². The van der Waals surface area contributed by atoms with E-state index in [0.717, 1.165) is 28.2 Å². The van der Waals surface area contributed by atoms with Crippen molar-refractivity contribution in [1.29, 1.82) is 0 Å². The van der Waals surface area contributed by atoms with Crippen LogP contribution in [-0.2, 0) is 18.3 Å². The molecule has 0 aliphatic heterocycles. The number of ether oxygens (including phenoxy) is 1. The van der Waals surface area contributed by atoms with E-state index in [2.05, 4.69) is 20.0 Å². The number of hydrogen-bond acceptors (Lipinski definition) is 6. The zero-order valence-electron chi connectivity index (χ0n) is 12.0.